The van der Waals surface area contributed by atoms with Gasteiger partial charge in [-0.3, -0.25) is 9.59 Å². The maximum absolute atomic E-state index is 12.7. The molecule has 2 aromatic carbocycles. The lowest BCUT2D eigenvalue weighted by Gasteiger charge is -2.29. The number of benzene rings is 2. The van der Waals surface area contributed by atoms with Crippen LogP contribution in [-0.4, -0.2) is 41.2 Å². The van der Waals surface area contributed by atoms with Crippen LogP contribution in [-0.2, 0) is 4.79 Å². The SMILES string of the molecule is Cc1cc(C(=O)Nc2ccc(N3CCNC(=O)C3)c(Cl)c2)nn1-c1ccccc1. The number of halogens is 1. The van der Waals surface area contributed by atoms with Crippen LogP contribution >= 0.6 is 11.6 Å². The normalized spacial score (nSPS) is 13.9. The van der Waals surface area contributed by atoms with Crippen molar-refractivity contribution in [2.45, 2.75) is 6.92 Å². The smallest absolute Gasteiger partial charge is 0.276 e. The third-order valence-electron chi connectivity index (χ3n) is 4.71. The summed E-state index contributed by atoms with van der Waals surface area (Å²) in [5.41, 5.74) is 3.40. The highest BCUT2D eigenvalue weighted by Crippen LogP contribution is 2.29. The van der Waals surface area contributed by atoms with Gasteiger partial charge in [0, 0.05) is 24.5 Å². The number of para-hydroxylation sites is 1. The Bertz CT molecular complexity index is 1060. The zero-order valence-electron chi connectivity index (χ0n) is 15.9. The average molecular weight is 410 g/mol. The van der Waals surface area contributed by atoms with E-state index in [0.29, 0.717) is 29.5 Å². The molecule has 0 radical (unpaired) electrons. The number of piperazine rings is 1. The lowest BCUT2D eigenvalue weighted by molar-refractivity contribution is -0.120. The van der Waals surface area contributed by atoms with Crippen molar-refractivity contribution in [3.8, 4) is 5.69 Å². The third-order valence-corrected chi connectivity index (χ3v) is 5.01. The van der Waals surface area contributed by atoms with Gasteiger partial charge in [-0.1, -0.05) is 29.8 Å². The Morgan fingerprint density at radius 2 is 1.97 bits per heavy atom. The fraction of sp³-hybridized carbons (Fsp3) is 0.190. The number of aryl methyl sites for hydroxylation is 1. The van der Waals surface area contributed by atoms with Gasteiger partial charge in [0.05, 0.1) is 22.9 Å². The molecule has 0 bridgehead atoms. The van der Waals surface area contributed by atoms with E-state index in [1.807, 2.05) is 48.2 Å². The maximum atomic E-state index is 12.7. The molecule has 7 nitrogen and oxygen atoms in total. The van der Waals surface area contributed by atoms with Crippen molar-refractivity contribution in [3.63, 3.8) is 0 Å². The molecular formula is C21H20ClN5O2. The summed E-state index contributed by atoms with van der Waals surface area (Å²) in [6.07, 6.45) is 0. The fourth-order valence-corrected chi connectivity index (χ4v) is 3.60. The number of nitrogens with zero attached hydrogens (tertiary/aromatic N) is 3. The second-order valence-corrected chi connectivity index (χ2v) is 7.22. The lowest BCUT2D eigenvalue weighted by atomic mass is 10.2. The summed E-state index contributed by atoms with van der Waals surface area (Å²) in [5.74, 6) is -0.349. The zero-order valence-corrected chi connectivity index (χ0v) is 16.6. The predicted octanol–water partition coefficient (Wildman–Crippen LogP) is 3.02. The Kier molecular flexibility index (Phi) is 5.22. The van der Waals surface area contributed by atoms with Crippen LogP contribution in [0, 0.1) is 6.92 Å². The molecule has 0 saturated carbocycles. The molecule has 0 spiro atoms. The molecule has 1 saturated heterocycles. The lowest BCUT2D eigenvalue weighted by Crippen LogP contribution is -2.47. The second-order valence-electron chi connectivity index (χ2n) is 6.81. The molecule has 0 atom stereocenters. The molecule has 2 heterocycles. The summed E-state index contributed by atoms with van der Waals surface area (Å²) in [6.45, 7) is 3.43. The molecule has 1 fully saturated rings. The summed E-state index contributed by atoms with van der Waals surface area (Å²) >= 11 is 6.40. The number of nitrogens with one attached hydrogen (secondary N) is 2. The molecule has 2 N–H and O–H groups in total. The van der Waals surface area contributed by atoms with Crippen molar-refractivity contribution < 1.29 is 9.59 Å². The van der Waals surface area contributed by atoms with E-state index >= 15 is 0 Å². The first-order valence-electron chi connectivity index (χ1n) is 9.26. The van der Waals surface area contributed by atoms with E-state index in [4.69, 9.17) is 11.6 Å². The largest absolute Gasteiger partial charge is 0.359 e. The van der Waals surface area contributed by atoms with Crippen LogP contribution in [0.3, 0.4) is 0 Å². The Morgan fingerprint density at radius 3 is 2.69 bits per heavy atom. The monoisotopic (exact) mass is 409 g/mol. The van der Waals surface area contributed by atoms with Crippen LogP contribution in [0.5, 0.6) is 0 Å². The van der Waals surface area contributed by atoms with E-state index in [2.05, 4.69) is 15.7 Å². The van der Waals surface area contributed by atoms with Gasteiger partial charge in [-0.2, -0.15) is 5.10 Å². The van der Waals surface area contributed by atoms with Gasteiger partial charge < -0.3 is 15.5 Å². The molecule has 1 aliphatic rings. The Labute approximate surface area is 173 Å². The highest BCUT2D eigenvalue weighted by molar-refractivity contribution is 6.33. The summed E-state index contributed by atoms with van der Waals surface area (Å²) in [6, 6.07) is 16.6. The van der Waals surface area contributed by atoms with Crippen LogP contribution in [0.25, 0.3) is 5.69 Å². The zero-order chi connectivity index (χ0) is 20.4. The number of rotatable bonds is 4. The molecule has 148 valence electrons. The highest BCUT2D eigenvalue weighted by atomic mass is 35.5. The van der Waals surface area contributed by atoms with Crippen LogP contribution in [0.4, 0.5) is 11.4 Å². The molecule has 3 aromatic rings. The van der Waals surface area contributed by atoms with Gasteiger partial charge in [-0.15, -0.1) is 0 Å². The topological polar surface area (TPSA) is 79.3 Å². The number of aromatic nitrogens is 2. The molecular weight excluding hydrogens is 390 g/mol. The van der Waals surface area contributed by atoms with Gasteiger partial charge in [0.2, 0.25) is 5.91 Å². The Hall–Kier alpha value is -3.32. The molecule has 8 heteroatoms. The van der Waals surface area contributed by atoms with Crippen LogP contribution in [0.15, 0.2) is 54.6 Å². The minimum absolute atomic E-state index is 0.0333. The van der Waals surface area contributed by atoms with Gasteiger partial charge in [0.15, 0.2) is 5.69 Å². The standard InChI is InChI=1S/C21H20ClN5O2/c1-14-11-18(25-27(14)16-5-3-2-4-6-16)21(29)24-15-7-8-19(17(22)12-15)26-10-9-23-20(28)13-26/h2-8,11-12H,9-10,13H2,1H3,(H,23,28)(H,24,29). The van der Waals surface area contributed by atoms with Crippen molar-refractivity contribution in [2.75, 3.05) is 29.9 Å². The summed E-state index contributed by atoms with van der Waals surface area (Å²) in [7, 11) is 0. The van der Waals surface area contributed by atoms with Crippen LogP contribution in [0.1, 0.15) is 16.2 Å². The molecule has 0 unspecified atom stereocenters. The number of amides is 2. The van der Waals surface area contributed by atoms with Gasteiger partial charge in [-0.25, -0.2) is 4.68 Å². The highest BCUT2D eigenvalue weighted by Gasteiger charge is 2.19. The van der Waals surface area contributed by atoms with Crippen molar-refractivity contribution in [3.05, 3.63) is 71.0 Å². The van der Waals surface area contributed by atoms with E-state index in [-0.39, 0.29) is 18.4 Å². The average Bonchev–Trinajstić information content (AvgIpc) is 3.10. The molecule has 4 rings (SSSR count). The summed E-state index contributed by atoms with van der Waals surface area (Å²) in [5, 5.41) is 10.5. The molecule has 1 aromatic heterocycles. The minimum atomic E-state index is -0.316. The number of hydrogen-bond acceptors (Lipinski definition) is 4. The predicted molar refractivity (Wildman–Crippen MR) is 113 cm³/mol. The number of anilines is 2. The van der Waals surface area contributed by atoms with Crippen LogP contribution in [0.2, 0.25) is 5.02 Å². The first-order valence-corrected chi connectivity index (χ1v) is 9.64. The van der Waals surface area contributed by atoms with E-state index in [0.717, 1.165) is 17.1 Å². The van der Waals surface area contributed by atoms with Gasteiger partial charge in [0.1, 0.15) is 0 Å². The summed E-state index contributed by atoms with van der Waals surface area (Å²) in [4.78, 5) is 26.2. The quantitative estimate of drug-likeness (QED) is 0.694. The molecule has 0 aliphatic carbocycles. The summed E-state index contributed by atoms with van der Waals surface area (Å²) < 4.78 is 1.73. The van der Waals surface area contributed by atoms with Gasteiger partial charge >= 0.3 is 0 Å². The van der Waals surface area contributed by atoms with E-state index < -0.39 is 0 Å². The van der Waals surface area contributed by atoms with E-state index in [1.54, 1.807) is 22.9 Å². The first kappa shape index (κ1) is 19.0. The number of carbonyl (C=O) groups is 2. The maximum Gasteiger partial charge on any atom is 0.276 e. The second kappa shape index (κ2) is 7.97. The Balaban J connectivity index is 1.50. The fourth-order valence-electron chi connectivity index (χ4n) is 3.30. The van der Waals surface area contributed by atoms with Crippen molar-refractivity contribution in [1.82, 2.24) is 15.1 Å². The van der Waals surface area contributed by atoms with Crippen molar-refractivity contribution >= 4 is 34.8 Å². The van der Waals surface area contributed by atoms with Crippen LogP contribution < -0.4 is 15.5 Å². The minimum Gasteiger partial charge on any atom is -0.359 e. The van der Waals surface area contributed by atoms with Crippen molar-refractivity contribution in [2.24, 2.45) is 0 Å². The van der Waals surface area contributed by atoms with E-state index in [9.17, 15) is 9.59 Å². The molecule has 1 aliphatic heterocycles. The van der Waals surface area contributed by atoms with E-state index in [1.165, 1.54) is 0 Å². The first-order chi connectivity index (χ1) is 14.0. The number of carbonyl (C=O) groups excluding carboxylic acids is 2. The Morgan fingerprint density at radius 1 is 1.17 bits per heavy atom. The molecule has 2 amide bonds. The van der Waals surface area contributed by atoms with Crippen molar-refractivity contribution in [1.29, 1.82) is 0 Å². The molecule has 29 heavy (non-hydrogen) atoms. The van der Waals surface area contributed by atoms with Gasteiger partial charge in [0.25, 0.3) is 5.91 Å². The number of hydrogen-bond donors (Lipinski definition) is 2. The van der Waals surface area contributed by atoms with Gasteiger partial charge in [-0.05, 0) is 43.3 Å². The third kappa shape index (κ3) is 4.09.